The molecule has 0 atom stereocenters. The van der Waals surface area contributed by atoms with Crippen LogP contribution in [0.1, 0.15) is 0 Å². The van der Waals surface area contributed by atoms with E-state index >= 15 is 0 Å². The van der Waals surface area contributed by atoms with Gasteiger partial charge in [0, 0.05) is 38.6 Å². The first kappa shape index (κ1) is 16.6. The van der Waals surface area contributed by atoms with Crippen LogP contribution in [0.3, 0.4) is 0 Å². The predicted octanol–water partition coefficient (Wildman–Crippen LogP) is 2.27. The van der Waals surface area contributed by atoms with Gasteiger partial charge in [0.1, 0.15) is 4.21 Å². The van der Waals surface area contributed by atoms with Crippen molar-refractivity contribution in [3.8, 4) is 0 Å². The molecule has 0 amide bonds. The summed E-state index contributed by atoms with van der Waals surface area (Å²) in [6, 6.07) is 4.96. The molecule has 1 saturated heterocycles. The number of hydrogen-bond acceptors (Lipinski definition) is 5. The molecular formula is C12H15Cl2N3O2S2. The number of anilines is 1. The summed E-state index contributed by atoms with van der Waals surface area (Å²) < 4.78 is 26.8. The Morgan fingerprint density at radius 3 is 2.52 bits per heavy atom. The fourth-order valence-electron chi connectivity index (χ4n) is 2.17. The van der Waals surface area contributed by atoms with Crippen molar-refractivity contribution in [1.82, 2.24) is 9.29 Å². The highest BCUT2D eigenvalue weighted by atomic mass is 35.5. The van der Waals surface area contributed by atoms with E-state index in [1.807, 2.05) is 6.07 Å². The lowest BCUT2D eigenvalue weighted by atomic mass is 10.3. The quantitative estimate of drug-likeness (QED) is 0.903. The summed E-state index contributed by atoms with van der Waals surface area (Å²) in [5.74, 6) is 0. The van der Waals surface area contributed by atoms with E-state index in [1.165, 1.54) is 10.0 Å². The molecule has 1 aliphatic rings. The molecule has 0 aliphatic carbocycles. The first-order chi connectivity index (χ1) is 9.57. The number of aromatic nitrogens is 1. The van der Waals surface area contributed by atoms with Crippen LogP contribution in [0, 0.1) is 0 Å². The highest BCUT2D eigenvalue weighted by Gasteiger charge is 2.20. The first-order valence-corrected chi connectivity index (χ1v) is 8.85. The third kappa shape index (κ3) is 3.37. The largest absolute Gasteiger partial charge is 0.368 e. The molecule has 0 saturated carbocycles. The van der Waals surface area contributed by atoms with Crippen LogP contribution in [-0.2, 0) is 10.0 Å². The van der Waals surface area contributed by atoms with Gasteiger partial charge in [-0.15, -0.1) is 23.7 Å². The molecule has 9 heteroatoms. The monoisotopic (exact) mass is 367 g/mol. The van der Waals surface area contributed by atoms with E-state index in [-0.39, 0.29) is 16.6 Å². The maximum absolute atomic E-state index is 12.4. The molecule has 5 nitrogen and oxygen atoms in total. The van der Waals surface area contributed by atoms with Crippen LogP contribution >= 0.6 is 35.3 Å². The van der Waals surface area contributed by atoms with Crippen LogP contribution in [0.4, 0.5) is 5.69 Å². The fourth-order valence-corrected chi connectivity index (χ4v) is 4.94. The minimum atomic E-state index is -3.53. The zero-order valence-electron chi connectivity index (χ0n) is 11.0. The van der Waals surface area contributed by atoms with Gasteiger partial charge in [-0.1, -0.05) is 11.6 Å². The Morgan fingerprint density at radius 2 is 1.90 bits per heavy atom. The molecule has 0 aromatic carbocycles. The predicted molar refractivity (Wildman–Crippen MR) is 88.7 cm³/mol. The summed E-state index contributed by atoms with van der Waals surface area (Å²) in [5.41, 5.74) is 0.928. The van der Waals surface area contributed by atoms with Crippen molar-refractivity contribution in [2.75, 3.05) is 31.1 Å². The molecule has 1 aliphatic heterocycles. The van der Waals surface area contributed by atoms with E-state index in [0.717, 1.165) is 43.2 Å². The maximum Gasteiger partial charge on any atom is 0.277 e. The van der Waals surface area contributed by atoms with Gasteiger partial charge < -0.3 is 10.2 Å². The van der Waals surface area contributed by atoms with Crippen LogP contribution in [0.2, 0.25) is 4.34 Å². The second-order valence-corrected chi connectivity index (χ2v) is 8.29. The number of rotatable bonds is 3. The molecule has 21 heavy (non-hydrogen) atoms. The summed E-state index contributed by atoms with van der Waals surface area (Å²) in [5, 5.41) is 3.27. The van der Waals surface area contributed by atoms with Crippen LogP contribution in [0.25, 0.3) is 0 Å². The van der Waals surface area contributed by atoms with Gasteiger partial charge in [0.05, 0.1) is 10.0 Å². The van der Waals surface area contributed by atoms with Gasteiger partial charge in [-0.05, 0) is 18.2 Å². The van der Waals surface area contributed by atoms with Crippen molar-refractivity contribution in [3.05, 3.63) is 34.9 Å². The average Bonchev–Trinajstić information content (AvgIpc) is 3.09. The van der Waals surface area contributed by atoms with E-state index in [9.17, 15) is 8.42 Å². The SMILES string of the molecule is Cl.O=S(=O)(c1ccc(Cl)s1)n1ccc(N2CCNCC2)c1. The Balaban J connectivity index is 0.00000161. The minimum absolute atomic E-state index is 0. The Morgan fingerprint density at radius 1 is 1.19 bits per heavy atom. The van der Waals surface area contributed by atoms with Crippen LogP contribution in [0.15, 0.2) is 34.8 Å². The third-order valence-corrected chi connectivity index (χ3v) is 6.55. The van der Waals surface area contributed by atoms with Gasteiger partial charge in [-0.2, -0.15) is 8.42 Å². The topological polar surface area (TPSA) is 54.3 Å². The van der Waals surface area contributed by atoms with Crippen LogP contribution in [-0.4, -0.2) is 38.6 Å². The van der Waals surface area contributed by atoms with Crippen molar-refractivity contribution >= 4 is 51.1 Å². The molecule has 0 bridgehead atoms. The Kier molecular flexibility index (Phi) is 5.21. The fraction of sp³-hybridized carbons (Fsp3) is 0.333. The summed E-state index contributed by atoms with van der Waals surface area (Å²) >= 11 is 6.88. The first-order valence-electron chi connectivity index (χ1n) is 6.22. The van der Waals surface area contributed by atoms with Crippen molar-refractivity contribution in [1.29, 1.82) is 0 Å². The lowest BCUT2D eigenvalue weighted by molar-refractivity contribution is 0.586. The van der Waals surface area contributed by atoms with Crippen LogP contribution in [0.5, 0.6) is 0 Å². The molecule has 0 radical (unpaired) electrons. The Labute approximate surface area is 139 Å². The Hall–Kier alpha value is -0.730. The molecule has 0 unspecified atom stereocenters. The Bertz CT molecular complexity index is 706. The summed E-state index contributed by atoms with van der Waals surface area (Å²) in [4.78, 5) is 2.17. The van der Waals surface area contributed by atoms with Gasteiger partial charge in [-0.25, -0.2) is 3.97 Å². The van der Waals surface area contributed by atoms with E-state index in [0.29, 0.717) is 4.34 Å². The third-order valence-electron chi connectivity index (χ3n) is 3.21. The van der Waals surface area contributed by atoms with Gasteiger partial charge in [0.2, 0.25) is 0 Å². The second kappa shape index (κ2) is 6.58. The maximum atomic E-state index is 12.4. The number of thiophene rings is 1. The molecule has 3 rings (SSSR count). The highest BCUT2D eigenvalue weighted by Crippen LogP contribution is 2.28. The van der Waals surface area contributed by atoms with Crippen molar-refractivity contribution < 1.29 is 8.42 Å². The van der Waals surface area contributed by atoms with Crippen LogP contribution < -0.4 is 10.2 Å². The molecular weight excluding hydrogens is 353 g/mol. The molecule has 1 N–H and O–H groups in total. The lowest BCUT2D eigenvalue weighted by Gasteiger charge is -2.28. The zero-order chi connectivity index (χ0) is 14.2. The normalized spacial score (nSPS) is 15.8. The highest BCUT2D eigenvalue weighted by molar-refractivity contribution is 7.92. The van der Waals surface area contributed by atoms with E-state index < -0.39 is 10.0 Å². The lowest BCUT2D eigenvalue weighted by Crippen LogP contribution is -2.43. The molecule has 2 aromatic rings. The smallest absolute Gasteiger partial charge is 0.277 e. The second-order valence-electron chi connectivity index (χ2n) is 4.50. The van der Waals surface area contributed by atoms with Gasteiger partial charge in [-0.3, -0.25) is 0 Å². The molecule has 0 spiro atoms. The summed E-state index contributed by atoms with van der Waals surface area (Å²) in [7, 11) is -3.53. The van der Waals surface area contributed by atoms with Crippen molar-refractivity contribution in [3.63, 3.8) is 0 Å². The van der Waals surface area contributed by atoms with Gasteiger partial charge in [0.25, 0.3) is 10.0 Å². The molecule has 2 aromatic heterocycles. The van der Waals surface area contributed by atoms with Gasteiger partial charge >= 0.3 is 0 Å². The number of hydrogen-bond donors (Lipinski definition) is 1. The van der Waals surface area contributed by atoms with Crippen molar-refractivity contribution in [2.24, 2.45) is 0 Å². The van der Waals surface area contributed by atoms with Crippen molar-refractivity contribution in [2.45, 2.75) is 4.21 Å². The zero-order valence-corrected chi connectivity index (χ0v) is 14.2. The minimum Gasteiger partial charge on any atom is -0.368 e. The van der Waals surface area contributed by atoms with E-state index in [4.69, 9.17) is 11.6 Å². The number of halogens is 2. The molecule has 3 heterocycles. The summed E-state index contributed by atoms with van der Waals surface area (Å²) in [6.07, 6.45) is 3.24. The summed E-state index contributed by atoms with van der Waals surface area (Å²) in [6.45, 7) is 3.60. The average molecular weight is 368 g/mol. The molecule has 116 valence electrons. The standard InChI is InChI=1S/C12H14ClN3O2S2.ClH/c13-11-1-2-12(19-11)20(17,18)16-6-3-10(9-16)15-7-4-14-5-8-15;/h1-3,6,9,14H,4-5,7-8H2;1H. The van der Waals surface area contributed by atoms with E-state index in [2.05, 4.69) is 10.2 Å². The van der Waals surface area contributed by atoms with Gasteiger partial charge in [0.15, 0.2) is 0 Å². The van der Waals surface area contributed by atoms with E-state index in [1.54, 1.807) is 18.5 Å². The molecule has 1 fully saturated rings. The number of nitrogens with one attached hydrogen (secondary N) is 1. The number of piperazine rings is 1. The number of nitrogens with zero attached hydrogens (tertiary/aromatic N) is 2.